The zero-order chi connectivity index (χ0) is 8.97. The van der Waals surface area contributed by atoms with Gasteiger partial charge in [0.15, 0.2) is 0 Å². The van der Waals surface area contributed by atoms with Crippen molar-refractivity contribution in [3.05, 3.63) is 0 Å². The van der Waals surface area contributed by atoms with Crippen molar-refractivity contribution in [2.24, 2.45) is 11.0 Å². The quantitative estimate of drug-likeness (QED) is 0.684. The van der Waals surface area contributed by atoms with E-state index in [1.54, 1.807) is 0 Å². The molecule has 1 unspecified atom stereocenters. The van der Waals surface area contributed by atoms with Gasteiger partial charge in [0.05, 0.1) is 0 Å². The minimum absolute atomic E-state index is 0.0809. The van der Waals surface area contributed by atoms with Gasteiger partial charge in [0.2, 0.25) is 5.91 Å². The lowest BCUT2D eigenvalue weighted by molar-refractivity contribution is -0.125. The minimum Gasteiger partial charge on any atom is -0.273 e. The van der Waals surface area contributed by atoms with E-state index in [4.69, 9.17) is 0 Å². The monoisotopic (exact) mass is 168 g/mol. The summed E-state index contributed by atoms with van der Waals surface area (Å²) in [5, 5.41) is 4.02. The van der Waals surface area contributed by atoms with Gasteiger partial charge in [0.25, 0.3) is 0 Å². The summed E-state index contributed by atoms with van der Waals surface area (Å²) in [5.41, 5.74) is 3.71. The van der Waals surface area contributed by atoms with Gasteiger partial charge in [-0.15, -0.1) is 0 Å². The molecule has 0 bridgehead atoms. The average molecular weight is 168 g/mol. The van der Waals surface area contributed by atoms with Gasteiger partial charge in [-0.3, -0.25) is 4.79 Å². The SMILES string of the molecule is CCCC1=NNC(=O)C(CC)C1. The largest absolute Gasteiger partial charge is 0.273 e. The molecule has 3 nitrogen and oxygen atoms in total. The number of nitrogens with zero attached hydrogens (tertiary/aromatic N) is 1. The van der Waals surface area contributed by atoms with Crippen LogP contribution in [0.15, 0.2) is 5.10 Å². The Balaban J connectivity index is 2.53. The van der Waals surface area contributed by atoms with Crippen LogP contribution in [0.5, 0.6) is 0 Å². The van der Waals surface area contributed by atoms with Crippen molar-refractivity contribution in [1.29, 1.82) is 0 Å². The summed E-state index contributed by atoms with van der Waals surface area (Å²) < 4.78 is 0. The van der Waals surface area contributed by atoms with E-state index in [1.165, 1.54) is 0 Å². The fourth-order valence-electron chi connectivity index (χ4n) is 1.42. The summed E-state index contributed by atoms with van der Waals surface area (Å²) in [6.07, 6.45) is 3.88. The molecule has 1 N–H and O–H groups in total. The molecule has 1 heterocycles. The summed E-state index contributed by atoms with van der Waals surface area (Å²) in [5.74, 6) is 0.237. The number of rotatable bonds is 3. The molecule has 1 aliphatic rings. The zero-order valence-electron chi connectivity index (χ0n) is 7.76. The smallest absolute Gasteiger partial charge is 0.243 e. The van der Waals surface area contributed by atoms with Crippen LogP contribution < -0.4 is 5.43 Å². The molecule has 1 rings (SSSR count). The molecule has 0 aliphatic carbocycles. The van der Waals surface area contributed by atoms with Crippen LogP contribution in [-0.4, -0.2) is 11.6 Å². The molecule has 3 heteroatoms. The first-order chi connectivity index (χ1) is 5.77. The molecule has 1 aliphatic heterocycles. The predicted molar refractivity (Wildman–Crippen MR) is 48.9 cm³/mol. The van der Waals surface area contributed by atoms with E-state index in [0.717, 1.165) is 31.4 Å². The van der Waals surface area contributed by atoms with Gasteiger partial charge in [-0.25, -0.2) is 5.43 Å². The van der Waals surface area contributed by atoms with Gasteiger partial charge in [0.1, 0.15) is 0 Å². The summed E-state index contributed by atoms with van der Waals surface area (Å²) in [7, 11) is 0. The van der Waals surface area contributed by atoms with Gasteiger partial charge in [0, 0.05) is 11.6 Å². The highest BCUT2D eigenvalue weighted by molar-refractivity contribution is 5.93. The molecular weight excluding hydrogens is 152 g/mol. The van der Waals surface area contributed by atoms with E-state index in [2.05, 4.69) is 17.5 Å². The lowest BCUT2D eigenvalue weighted by Gasteiger charge is -2.19. The highest BCUT2D eigenvalue weighted by Gasteiger charge is 2.22. The van der Waals surface area contributed by atoms with Crippen LogP contribution in [0.2, 0.25) is 0 Å². The number of carbonyl (C=O) groups excluding carboxylic acids is 1. The van der Waals surface area contributed by atoms with E-state index in [0.29, 0.717) is 0 Å². The summed E-state index contributed by atoms with van der Waals surface area (Å²) >= 11 is 0. The molecule has 0 aromatic rings. The molecule has 12 heavy (non-hydrogen) atoms. The predicted octanol–water partition coefficient (Wildman–Crippen LogP) is 1.69. The Kier molecular flexibility index (Phi) is 3.26. The summed E-state index contributed by atoms with van der Waals surface area (Å²) in [6, 6.07) is 0. The molecule has 68 valence electrons. The second-order valence-electron chi connectivity index (χ2n) is 3.21. The topological polar surface area (TPSA) is 41.5 Å². The van der Waals surface area contributed by atoms with Crippen molar-refractivity contribution < 1.29 is 4.79 Å². The van der Waals surface area contributed by atoms with Crippen molar-refractivity contribution in [2.75, 3.05) is 0 Å². The Bertz CT molecular complexity index is 199. The van der Waals surface area contributed by atoms with Gasteiger partial charge >= 0.3 is 0 Å². The third-order valence-corrected chi connectivity index (χ3v) is 2.21. The van der Waals surface area contributed by atoms with Crippen molar-refractivity contribution >= 4 is 11.6 Å². The standard InChI is InChI=1S/C9H16N2O/c1-3-5-8-6-7(4-2)9(12)11-10-8/h7H,3-6H2,1-2H3,(H,11,12). The normalized spacial score (nSPS) is 23.3. The molecule has 1 atom stereocenters. The first-order valence-corrected chi connectivity index (χ1v) is 4.63. The highest BCUT2D eigenvalue weighted by Crippen LogP contribution is 2.15. The second-order valence-corrected chi connectivity index (χ2v) is 3.21. The van der Waals surface area contributed by atoms with Crippen LogP contribution in [0.25, 0.3) is 0 Å². The lowest BCUT2D eigenvalue weighted by Crippen LogP contribution is -2.34. The van der Waals surface area contributed by atoms with Crippen molar-refractivity contribution in [2.45, 2.75) is 39.5 Å². The van der Waals surface area contributed by atoms with Gasteiger partial charge < -0.3 is 0 Å². The first-order valence-electron chi connectivity index (χ1n) is 4.63. The van der Waals surface area contributed by atoms with Crippen LogP contribution in [0, 0.1) is 5.92 Å². The van der Waals surface area contributed by atoms with E-state index in [9.17, 15) is 4.79 Å². The van der Waals surface area contributed by atoms with Crippen molar-refractivity contribution in [3.63, 3.8) is 0 Å². The molecule has 0 fully saturated rings. The Morgan fingerprint density at radius 2 is 2.33 bits per heavy atom. The van der Waals surface area contributed by atoms with Crippen LogP contribution in [0.4, 0.5) is 0 Å². The minimum atomic E-state index is 0.0809. The number of hydrazone groups is 1. The van der Waals surface area contributed by atoms with Gasteiger partial charge in [-0.05, 0) is 19.3 Å². The lowest BCUT2D eigenvalue weighted by atomic mass is 9.95. The van der Waals surface area contributed by atoms with Crippen molar-refractivity contribution in [1.82, 2.24) is 5.43 Å². The van der Waals surface area contributed by atoms with Gasteiger partial charge in [-0.1, -0.05) is 20.3 Å². The number of carbonyl (C=O) groups is 1. The Labute approximate surface area is 73.2 Å². The zero-order valence-corrected chi connectivity index (χ0v) is 7.76. The molecule has 0 saturated carbocycles. The number of hydrogen-bond donors (Lipinski definition) is 1. The third-order valence-electron chi connectivity index (χ3n) is 2.21. The molecule has 0 aromatic carbocycles. The number of hydrogen-bond acceptors (Lipinski definition) is 2. The van der Waals surface area contributed by atoms with Crippen molar-refractivity contribution in [3.8, 4) is 0 Å². The molecule has 0 aromatic heterocycles. The Morgan fingerprint density at radius 3 is 2.92 bits per heavy atom. The maximum atomic E-state index is 11.2. The molecular formula is C9H16N2O. The highest BCUT2D eigenvalue weighted by atomic mass is 16.2. The maximum Gasteiger partial charge on any atom is 0.243 e. The van der Waals surface area contributed by atoms with Crippen LogP contribution in [0.3, 0.4) is 0 Å². The summed E-state index contributed by atoms with van der Waals surface area (Å²) in [4.78, 5) is 11.2. The Hall–Kier alpha value is -0.860. The first kappa shape index (κ1) is 9.23. The molecule has 0 radical (unpaired) electrons. The summed E-state index contributed by atoms with van der Waals surface area (Å²) in [6.45, 7) is 4.17. The molecule has 1 amide bonds. The van der Waals surface area contributed by atoms with E-state index < -0.39 is 0 Å². The van der Waals surface area contributed by atoms with Gasteiger partial charge in [-0.2, -0.15) is 5.10 Å². The van der Waals surface area contributed by atoms with E-state index in [-0.39, 0.29) is 11.8 Å². The molecule has 0 spiro atoms. The van der Waals surface area contributed by atoms with Crippen LogP contribution >= 0.6 is 0 Å². The molecule has 0 saturated heterocycles. The van der Waals surface area contributed by atoms with E-state index >= 15 is 0 Å². The average Bonchev–Trinajstić information content (AvgIpc) is 2.09. The Morgan fingerprint density at radius 1 is 1.58 bits per heavy atom. The fraction of sp³-hybridized carbons (Fsp3) is 0.778. The fourth-order valence-corrected chi connectivity index (χ4v) is 1.42. The van der Waals surface area contributed by atoms with E-state index in [1.807, 2.05) is 6.92 Å². The maximum absolute atomic E-state index is 11.2. The van der Waals surface area contributed by atoms with Crippen LogP contribution in [0.1, 0.15) is 39.5 Å². The number of nitrogens with one attached hydrogen (secondary N) is 1. The van der Waals surface area contributed by atoms with Crippen LogP contribution in [-0.2, 0) is 4.79 Å². The number of amides is 1. The third kappa shape index (κ3) is 2.06. The second kappa shape index (κ2) is 4.24.